The quantitative estimate of drug-likeness (QED) is 0.566. The van der Waals surface area contributed by atoms with Crippen molar-refractivity contribution in [1.29, 1.82) is 0 Å². The fourth-order valence-corrected chi connectivity index (χ4v) is 2.33. The highest BCUT2D eigenvalue weighted by molar-refractivity contribution is 5.46. The van der Waals surface area contributed by atoms with E-state index in [1.165, 1.54) is 19.3 Å². The molecule has 0 bridgehead atoms. The third-order valence-corrected chi connectivity index (χ3v) is 2.89. The van der Waals surface area contributed by atoms with Crippen molar-refractivity contribution in [3.05, 3.63) is 6.58 Å². The standard InChI is InChI=1S/C11H20N2/c1-6-12-13-10(2,3)8-7-9-11(13,4)5/h1,7-9H2,2-5H3. The van der Waals surface area contributed by atoms with Gasteiger partial charge in [0.05, 0.1) is 11.1 Å². The predicted molar refractivity (Wildman–Crippen MR) is 56.9 cm³/mol. The van der Waals surface area contributed by atoms with Crippen LogP contribution in [0.25, 0.3) is 0 Å². The van der Waals surface area contributed by atoms with Crippen molar-refractivity contribution < 1.29 is 0 Å². The molecule has 1 aliphatic heterocycles. The summed E-state index contributed by atoms with van der Waals surface area (Å²) in [5.41, 5.74) is 0.291. The Labute approximate surface area is 81.3 Å². The van der Waals surface area contributed by atoms with E-state index in [0.29, 0.717) is 0 Å². The van der Waals surface area contributed by atoms with Crippen molar-refractivity contribution in [2.24, 2.45) is 5.10 Å². The number of rotatable bonds is 1. The van der Waals surface area contributed by atoms with Gasteiger partial charge in [-0.25, -0.2) is 0 Å². The van der Waals surface area contributed by atoms with Crippen LogP contribution >= 0.6 is 0 Å². The Kier molecular flexibility index (Phi) is 2.53. The van der Waals surface area contributed by atoms with Crippen LogP contribution in [-0.4, -0.2) is 22.0 Å². The summed E-state index contributed by atoms with van der Waals surface area (Å²) >= 11 is 0. The Balaban J connectivity index is 2.97. The SMILES string of the molecule is C=C=NN1C(C)(C)CCCC1(C)C. The first kappa shape index (κ1) is 10.3. The van der Waals surface area contributed by atoms with E-state index in [9.17, 15) is 0 Å². The molecule has 0 aliphatic carbocycles. The first-order chi connectivity index (χ1) is 5.90. The Hall–Kier alpha value is -0.750. The first-order valence-electron chi connectivity index (χ1n) is 4.93. The molecular weight excluding hydrogens is 160 g/mol. The maximum Gasteiger partial charge on any atom is 0.0536 e. The zero-order valence-electron chi connectivity index (χ0n) is 9.22. The largest absolute Gasteiger partial charge is 0.278 e. The van der Waals surface area contributed by atoms with Crippen LogP contribution in [0.2, 0.25) is 0 Å². The van der Waals surface area contributed by atoms with Gasteiger partial charge in [-0.1, -0.05) is 0 Å². The molecule has 1 aliphatic rings. The van der Waals surface area contributed by atoms with Crippen LogP contribution in [0.15, 0.2) is 11.7 Å². The van der Waals surface area contributed by atoms with Gasteiger partial charge in [0.1, 0.15) is 0 Å². The van der Waals surface area contributed by atoms with Crippen LogP contribution in [0.4, 0.5) is 0 Å². The molecule has 0 saturated carbocycles. The second-order valence-corrected chi connectivity index (χ2v) is 5.05. The highest BCUT2D eigenvalue weighted by Crippen LogP contribution is 2.37. The van der Waals surface area contributed by atoms with Gasteiger partial charge in [-0.2, -0.15) is 0 Å². The molecule has 0 N–H and O–H groups in total. The van der Waals surface area contributed by atoms with E-state index in [4.69, 9.17) is 0 Å². The normalized spacial score (nSPS) is 25.1. The summed E-state index contributed by atoms with van der Waals surface area (Å²) in [5.74, 6) is 2.65. The third-order valence-electron chi connectivity index (χ3n) is 2.89. The van der Waals surface area contributed by atoms with Gasteiger partial charge in [-0.15, -0.1) is 5.10 Å². The third kappa shape index (κ3) is 1.94. The molecule has 0 atom stereocenters. The fraction of sp³-hybridized carbons (Fsp3) is 0.818. The molecule has 1 heterocycles. The van der Waals surface area contributed by atoms with Gasteiger partial charge in [0, 0.05) is 5.87 Å². The van der Waals surface area contributed by atoms with E-state index in [1.807, 2.05) is 0 Å². The van der Waals surface area contributed by atoms with E-state index in [0.717, 1.165) is 0 Å². The maximum absolute atomic E-state index is 4.26. The van der Waals surface area contributed by atoms with Gasteiger partial charge in [0.2, 0.25) is 0 Å². The lowest BCUT2D eigenvalue weighted by molar-refractivity contribution is -0.0238. The summed E-state index contributed by atoms with van der Waals surface area (Å²) in [6.07, 6.45) is 3.67. The zero-order valence-corrected chi connectivity index (χ0v) is 9.22. The molecule has 0 aromatic carbocycles. The van der Waals surface area contributed by atoms with E-state index in [-0.39, 0.29) is 11.1 Å². The Morgan fingerprint density at radius 3 is 2.00 bits per heavy atom. The number of nitrogens with zero attached hydrogens (tertiary/aromatic N) is 2. The van der Waals surface area contributed by atoms with Gasteiger partial charge in [0.25, 0.3) is 0 Å². The van der Waals surface area contributed by atoms with Crippen LogP contribution in [0.3, 0.4) is 0 Å². The van der Waals surface area contributed by atoms with Gasteiger partial charge in [0.15, 0.2) is 0 Å². The monoisotopic (exact) mass is 180 g/mol. The van der Waals surface area contributed by atoms with Crippen LogP contribution in [0.5, 0.6) is 0 Å². The minimum Gasteiger partial charge on any atom is -0.278 e. The molecule has 1 fully saturated rings. The Bertz CT molecular complexity index is 218. The summed E-state index contributed by atoms with van der Waals surface area (Å²) in [6, 6.07) is 0. The van der Waals surface area contributed by atoms with E-state index >= 15 is 0 Å². The molecule has 0 unspecified atom stereocenters. The summed E-state index contributed by atoms with van der Waals surface area (Å²) in [5, 5.41) is 6.41. The highest BCUT2D eigenvalue weighted by Gasteiger charge is 2.40. The molecule has 0 radical (unpaired) electrons. The Morgan fingerprint density at radius 1 is 1.15 bits per heavy atom. The Morgan fingerprint density at radius 2 is 1.62 bits per heavy atom. The smallest absolute Gasteiger partial charge is 0.0536 e. The number of hydrogen-bond donors (Lipinski definition) is 0. The van der Waals surface area contributed by atoms with Crippen molar-refractivity contribution in [3.63, 3.8) is 0 Å². The molecule has 0 aromatic heterocycles. The van der Waals surface area contributed by atoms with Crippen LogP contribution < -0.4 is 0 Å². The van der Waals surface area contributed by atoms with Crippen LogP contribution in [0.1, 0.15) is 47.0 Å². The highest BCUT2D eigenvalue weighted by atomic mass is 15.5. The zero-order chi connectivity index (χ0) is 10.1. The van der Waals surface area contributed by atoms with Crippen molar-refractivity contribution in [2.45, 2.75) is 58.0 Å². The van der Waals surface area contributed by atoms with Crippen LogP contribution in [0, 0.1) is 0 Å². The van der Waals surface area contributed by atoms with Crippen molar-refractivity contribution in [2.75, 3.05) is 0 Å². The van der Waals surface area contributed by atoms with Crippen LogP contribution in [-0.2, 0) is 0 Å². The molecule has 1 saturated heterocycles. The second kappa shape index (κ2) is 3.19. The molecular formula is C11H20N2. The van der Waals surface area contributed by atoms with E-state index in [2.05, 4.69) is 50.3 Å². The van der Waals surface area contributed by atoms with Crippen molar-refractivity contribution in [3.8, 4) is 0 Å². The van der Waals surface area contributed by atoms with Gasteiger partial charge < -0.3 is 0 Å². The van der Waals surface area contributed by atoms with E-state index in [1.54, 1.807) is 0 Å². The fourth-order valence-electron chi connectivity index (χ4n) is 2.33. The second-order valence-electron chi connectivity index (χ2n) is 5.05. The molecule has 0 spiro atoms. The topological polar surface area (TPSA) is 15.6 Å². The van der Waals surface area contributed by atoms with Gasteiger partial charge >= 0.3 is 0 Å². The summed E-state index contributed by atoms with van der Waals surface area (Å²) in [6.45, 7) is 12.5. The molecule has 74 valence electrons. The predicted octanol–water partition coefficient (Wildman–Crippen LogP) is 2.80. The lowest BCUT2D eigenvalue weighted by Gasteiger charge is -2.50. The molecule has 13 heavy (non-hydrogen) atoms. The molecule has 0 aromatic rings. The number of hydrazone groups is 1. The lowest BCUT2D eigenvalue weighted by atomic mass is 9.82. The summed E-state index contributed by atoms with van der Waals surface area (Å²) in [4.78, 5) is 0. The summed E-state index contributed by atoms with van der Waals surface area (Å²) < 4.78 is 0. The molecule has 2 heteroatoms. The maximum atomic E-state index is 4.26. The molecule has 0 amide bonds. The molecule has 1 rings (SSSR count). The van der Waals surface area contributed by atoms with Crippen molar-refractivity contribution >= 4 is 5.87 Å². The lowest BCUT2D eigenvalue weighted by Crippen LogP contribution is -2.55. The minimum absolute atomic E-state index is 0.145. The van der Waals surface area contributed by atoms with E-state index < -0.39 is 0 Å². The minimum atomic E-state index is 0.145. The first-order valence-corrected chi connectivity index (χ1v) is 4.93. The van der Waals surface area contributed by atoms with Gasteiger partial charge in [-0.05, 0) is 53.5 Å². The van der Waals surface area contributed by atoms with Crippen molar-refractivity contribution in [1.82, 2.24) is 5.01 Å². The number of piperidine rings is 1. The van der Waals surface area contributed by atoms with Gasteiger partial charge in [-0.3, -0.25) is 5.01 Å². The average molecular weight is 180 g/mol. The average Bonchev–Trinajstić information content (AvgIpc) is 1.96. The summed E-state index contributed by atoms with van der Waals surface area (Å²) in [7, 11) is 0. The number of hydrogen-bond acceptors (Lipinski definition) is 2. The molecule has 2 nitrogen and oxygen atoms in total.